The van der Waals surface area contributed by atoms with Crippen LogP contribution in [-0.4, -0.2) is 70.8 Å². The van der Waals surface area contributed by atoms with E-state index in [1.165, 1.54) is 38.5 Å². The Labute approximate surface area is 221 Å². The molecule has 1 aliphatic rings. The Balaban J connectivity index is 1.92. The van der Waals surface area contributed by atoms with Crippen molar-refractivity contribution in [1.29, 1.82) is 0 Å². The summed E-state index contributed by atoms with van der Waals surface area (Å²) < 4.78 is 45.0. The number of likely N-dealkylation sites (N-methyl/N-ethyl adjacent to an activating group) is 1. The second-order valence-electron chi connectivity index (χ2n) is 8.71. The number of hydrogen-bond donors (Lipinski definition) is 0. The van der Waals surface area contributed by atoms with Crippen LogP contribution in [0.1, 0.15) is 26.3 Å². The van der Waals surface area contributed by atoms with Gasteiger partial charge in [0.25, 0.3) is 10.0 Å². The number of esters is 1. The lowest BCUT2D eigenvalue weighted by molar-refractivity contribution is 0.0685. The molecule has 38 heavy (non-hydrogen) atoms. The number of methoxy groups -OCH3 is 2. The van der Waals surface area contributed by atoms with Crippen molar-refractivity contribution in [3.8, 4) is 11.5 Å². The molecule has 0 aliphatic carbocycles. The van der Waals surface area contributed by atoms with E-state index >= 15 is 0 Å². The van der Waals surface area contributed by atoms with Gasteiger partial charge < -0.3 is 19.1 Å². The van der Waals surface area contributed by atoms with Crippen molar-refractivity contribution in [1.82, 2.24) is 9.21 Å². The molecule has 0 fully saturated rings. The first-order valence-electron chi connectivity index (χ1n) is 11.7. The van der Waals surface area contributed by atoms with Gasteiger partial charge in [0, 0.05) is 24.2 Å². The molecule has 0 radical (unpaired) electrons. The molecule has 0 saturated heterocycles. The molecule has 9 nitrogen and oxygen atoms in total. The lowest BCUT2D eigenvalue weighted by Crippen LogP contribution is -2.42. The maximum Gasteiger partial charge on any atom is 0.343 e. The largest absolute Gasteiger partial charge is 0.493 e. The molecule has 0 spiro atoms. The highest BCUT2D eigenvalue weighted by molar-refractivity contribution is 7.89. The summed E-state index contributed by atoms with van der Waals surface area (Å²) in [6.45, 7) is 0.291. The lowest BCUT2D eigenvalue weighted by atomic mass is 10.0. The van der Waals surface area contributed by atoms with E-state index < -0.39 is 21.8 Å². The van der Waals surface area contributed by atoms with Crippen molar-refractivity contribution >= 4 is 27.5 Å². The third-order valence-corrected chi connectivity index (χ3v) is 7.84. The van der Waals surface area contributed by atoms with Crippen molar-refractivity contribution in [2.24, 2.45) is 0 Å². The number of Topliss-reactive ketones (excluding diaryl/α,β-unsaturated/α-hetero) is 1. The molecule has 1 heterocycles. The van der Waals surface area contributed by atoms with Crippen LogP contribution in [0.15, 0.2) is 83.4 Å². The van der Waals surface area contributed by atoms with Crippen LogP contribution >= 0.6 is 0 Å². The van der Waals surface area contributed by atoms with E-state index in [0.29, 0.717) is 18.0 Å². The number of ether oxygens (including phenoxy) is 3. The molecule has 0 amide bonds. The SMILES string of the molecule is COc1ccc(C(=O)OC2=C(C(=O)c3ccccc3)N(CCN(C)C)S(=O)(=O)c3ccccc32)cc1OC. The van der Waals surface area contributed by atoms with Crippen LogP contribution in [0.4, 0.5) is 0 Å². The molecule has 3 aromatic rings. The van der Waals surface area contributed by atoms with Gasteiger partial charge in [0.05, 0.1) is 24.7 Å². The molecule has 10 heteroatoms. The minimum atomic E-state index is -4.13. The number of fused-ring (bicyclic) bond motifs is 1. The van der Waals surface area contributed by atoms with Crippen LogP contribution in [0, 0.1) is 0 Å². The summed E-state index contributed by atoms with van der Waals surface area (Å²) in [6.07, 6.45) is 0. The summed E-state index contributed by atoms with van der Waals surface area (Å²) >= 11 is 0. The van der Waals surface area contributed by atoms with Crippen molar-refractivity contribution in [2.45, 2.75) is 4.90 Å². The maximum absolute atomic E-state index is 13.9. The highest BCUT2D eigenvalue weighted by atomic mass is 32.2. The van der Waals surface area contributed by atoms with E-state index in [2.05, 4.69) is 0 Å². The Bertz CT molecular complexity index is 1500. The lowest BCUT2D eigenvalue weighted by Gasteiger charge is -2.33. The average molecular weight is 537 g/mol. The number of allylic oxidation sites excluding steroid dienone is 1. The Morgan fingerprint density at radius 2 is 1.50 bits per heavy atom. The zero-order chi connectivity index (χ0) is 27.4. The number of hydrogen-bond acceptors (Lipinski definition) is 8. The minimum Gasteiger partial charge on any atom is -0.493 e. The third-order valence-electron chi connectivity index (χ3n) is 5.98. The first-order valence-corrected chi connectivity index (χ1v) is 13.2. The summed E-state index contributed by atoms with van der Waals surface area (Å²) in [6, 6.07) is 18.9. The number of carbonyl (C=O) groups is 2. The predicted octanol–water partition coefficient (Wildman–Crippen LogP) is 3.68. The second-order valence-corrected chi connectivity index (χ2v) is 10.5. The quantitative estimate of drug-likeness (QED) is 0.302. The van der Waals surface area contributed by atoms with Crippen LogP contribution in [0.5, 0.6) is 11.5 Å². The normalized spacial score (nSPS) is 14.2. The van der Waals surface area contributed by atoms with Gasteiger partial charge in [0.15, 0.2) is 17.3 Å². The zero-order valence-corrected chi connectivity index (χ0v) is 22.3. The van der Waals surface area contributed by atoms with Crippen LogP contribution in [0.25, 0.3) is 5.76 Å². The van der Waals surface area contributed by atoms with E-state index in [4.69, 9.17) is 14.2 Å². The van der Waals surface area contributed by atoms with Gasteiger partial charge in [0.2, 0.25) is 5.78 Å². The Kier molecular flexibility index (Phi) is 7.84. The Morgan fingerprint density at radius 1 is 0.842 bits per heavy atom. The van der Waals surface area contributed by atoms with Gasteiger partial charge in [0.1, 0.15) is 5.70 Å². The van der Waals surface area contributed by atoms with E-state index in [0.717, 1.165) is 4.31 Å². The Morgan fingerprint density at radius 3 is 2.16 bits per heavy atom. The molecule has 0 saturated carbocycles. The molecule has 0 atom stereocenters. The molecule has 0 bridgehead atoms. The monoisotopic (exact) mass is 536 g/mol. The zero-order valence-electron chi connectivity index (χ0n) is 21.5. The molecular formula is C28H28N2O7S. The summed E-state index contributed by atoms with van der Waals surface area (Å²) in [5, 5.41) is 0. The van der Waals surface area contributed by atoms with E-state index in [1.54, 1.807) is 67.5 Å². The summed E-state index contributed by atoms with van der Waals surface area (Å²) in [5.74, 6) is -0.774. The molecule has 1 aliphatic heterocycles. The fourth-order valence-electron chi connectivity index (χ4n) is 4.04. The molecule has 198 valence electrons. The third kappa shape index (κ3) is 5.13. The van der Waals surface area contributed by atoms with Crippen molar-refractivity contribution in [3.05, 3.63) is 95.2 Å². The summed E-state index contributed by atoms with van der Waals surface area (Å²) in [7, 11) is 2.38. The molecule has 0 aromatic heterocycles. The topological polar surface area (TPSA) is 102 Å². The Hall–Kier alpha value is -4.15. The van der Waals surface area contributed by atoms with Gasteiger partial charge in [-0.15, -0.1) is 0 Å². The van der Waals surface area contributed by atoms with Gasteiger partial charge in [-0.3, -0.25) is 9.10 Å². The van der Waals surface area contributed by atoms with Gasteiger partial charge in [-0.1, -0.05) is 42.5 Å². The first kappa shape index (κ1) is 26.9. The van der Waals surface area contributed by atoms with Crippen molar-refractivity contribution < 1.29 is 32.2 Å². The number of nitrogens with zero attached hydrogens (tertiary/aromatic N) is 2. The molecular weight excluding hydrogens is 508 g/mol. The minimum absolute atomic E-state index is 0.0328. The summed E-state index contributed by atoms with van der Waals surface area (Å²) in [4.78, 5) is 29.0. The van der Waals surface area contributed by atoms with Gasteiger partial charge in [-0.2, -0.15) is 0 Å². The van der Waals surface area contributed by atoms with E-state index in [9.17, 15) is 18.0 Å². The summed E-state index contributed by atoms with van der Waals surface area (Å²) in [5.41, 5.74) is 0.284. The van der Waals surface area contributed by atoms with Gasteiger partial charge >= 0.3 is 5.97 Å². The number of rotatable bonds is 9. The highest BCUT2D eigenvalue weighted by Gasteiger charge is 2.41. The van der Waals surface area contributed by atoms with Crippen LogP contribution in [-0.2, 0) is 14.8 Å². The number of carbonyl (C=O) groups excluding carboxylic acids is 2. The predicted molar refractivity (Wildman–Crippen MR) is 142 cm³/mol. The molecule has 3 aromatic carbocycles. The van der Waals surface area contributed by atoms with Gasteiger partial charge in [-0.25, -0.2) is 13.2 Å². The van der Waals surface area contributed by atoms with Crippen LogP contribution in [0.2, 0.25) is 0 Å². The maximum atomic E-state index is 13.9. The number of ketones is 1. The fraction of sp³-hybridized carbons (Fsp3) is 0.214. The molecule has 0 unspecified atom stereocenters. The fourth-order valence-corrected chi connectivity index (χ4v) is 5.70. The van der Waals surface area contributed by atoms with Crippen LogP contribution < -0.4 is 9.47 Å². The number of sulfonamides is 1. The highest BCUT2D eigenvalue weighted by Crippen LogP contribution is 2.39. The van der Waals surface area contributed by atoms with Gasteiger partial charge in [-0.05, 0) is 44.4 Å². The first-order chi connectivity index (χ1) is 18.2. The van der Waals surface area contributed by atoms with E-state index in [-0.39, 0.29) is 39.6 Å². The average Bonchev–Trinajstić information content (AvgIpc) is 2.93. The standard InChI is InChI=1S/C28H28N2O7S/c1-29(2)16-17-30-25(26(31)19-10-6-5-7-11-19)27(21-12-8-9-13-24(21)38(30,33)34)37-28(32)20-14-15-22(35-3)23(18-20)36-4/h5-15,18H,16-17H2,1-4H3. The molecule has 4 rings (SSSR count). The van der Waals surface area contributed by atoms with Crippen molar-refractivity contribution in [2.75, 3.05) is 41.4 Å². The van der Waals surface area contributed by atoms with Crippen molar-refractivity contribution in [3.63, 3.8) is 0 Å². The van der Waals surface area contributed by atoms with E-state index in [1.807, 2.05) is 0 Å². The molecule has 0 N–H and O–H groups in total. The number of benzene rings is 3. The smallest absolute Gasteiger partial charge is 0.343 e. The van der Waals surface area contributed by atoms with Crippen LogP contribution in [0.3, 0.4) is 0 Å². The second kappa shape index (κ2) is 11.1.